The van der Waals surface area contributed by atoms with Gasteiger partial charge in [0, 0.05) is 24.6 Å². The number of methoxy groups -OCH3 is 1. The SMILES string of the molecule is COc1ccc(-c2nc(C3CCCN(C(=O)COc4ccccc4)C3)[nH]c2C(N)=O)cc1. The number of aromatic amines is 1. The fraction of sp³-hybridized carbons (Fsp3) is 0.292. The van der Waals surface area contributed by atoms with Crippen LogP contribution in [0.5, 0.6) is 11.5 Å². The van der Waals surface area contributed by atoms with E-state index in [1.165, 1.54) is 0 Å². The van der Waals surface area contributed by atoms with Crippen molar-refractivity contribution >= 4 is 11.8 Å². The first-order valence-corrected chi connectivity index (χ1v) is 10.5. The van der Waals surface area contributed by atoms with Gasteiger partial charge in [-0.3, -0.25) is 9.59 Å². The summed E-state index contributed by atoms with van der Waals surface area (Å²) in [6, 6.07) is 16.6. The van der Waals surface area contributed by atoms with Crippen LogP contribution < -0.4 is 15.2 Å². The Morgan fingerprint density at radius 3 is 2.56 bits per heavy atom. The highest BCUT2D eigenvalue weighted by Gasteiger charge is 2.29. The van der Waals surface area contributed by atoms with Gasteiger partial charge in [-0.05, 0) is 49.2 Å². The molecule has 1 unspecified atom stereocenters. The van der Waals surface area contributed by atoms with Crippen molar-refractivity contribution in [1.82, 2.24) is 14.9 Å². The van der Waals surface area contributed by atoms with Gasteiger partial charge in [0.1, 0.15) is 28.7 Å². The van der Waals surface area contributed by atoms with E-state index < -0.39 is 5.91 Å². The van der Waals surface area contributed by atoms with Crippen LogP contribution in [0.3, 0.4) is 0 Å². The molecule has 166 valence electrons. The molecule has 2 heterocycles. The lowest BCUT2D eigenvalue weighted by molar-refractivity contribution is -0.134. The zero-order chi connectivity index (χ0) is 22.5. The van der Waals surface area contributed by atoms with Gasteiger partial charge in [0.05, 0.1) is 7.11 Å². The van der Waals surface area contributed by atoms with Crippen LogP contribution >= 0.6 is 0 Å². The van der Waals surface area contributed by atoms with Crippen molar-refractivity contribution in [2.24, 2.45) is 5.73 Å². The number of carbonyl (C=O) groups is 2. The van der Waals surface area contributed by atoms with Gasteiger partial charge >= 0.3 is 0 Å². The Balaban J connectivity index is 1.49. The van der Waals surface area contributed by atoms with Crippen molar-refractivity contribution in [2.75, 3.05) is 26.8 Å². The van der Waals surface area contributed by atoms with E-state index in [1.807, 2.05) is 54.6 Å². The Morgan fingerprint density at radius 1 is 1.12 bits per heavy atom. The van der Waals surface area contributed by atoms with Crippen LogP contribution in [0.25, 0.3) is 11.3 Å². The highest BCUT2D eigenvalue weighted by atomic mass is 16.5. The van der Waals surface area contributed by atoms with Gasteiger partial charge in [0.15, 0.2) is 6.61 Å². The summed E-state index contributed by atoms with van der Waals surface area (Å²) >= 11 is 0. The highest BCUT2D eigenvalue weighted by Crippen LogP contribution is 2.30. The Morgan fingerprint density at radius 2 is 1.88 bits per heavy atom. The summed E-state index contributed by atoms with van der Waals surface area (Å²) in [5.74, 6) is 1.37. The number of hydrogen-bond acceptors (Lipinski definition) is 5. The average Bonchev–Trinajstić information content (AvgIpc) is 3.29. The van der Waals surface area contributed by atoms with Crippen molar-refractivity contribution in [2.45, 2.75) is 18.8 Å². The molecule has 32 heavy (non-hydrogen) atoms. The molecule has 8 nitrogen and oxygen atoms in total. The van der Waals surface area contributed by atoms with Crippen LogP contribution in [0.2, 0.25) is 0 Å². The standard InChI is InChI=1S/C24H26N4O4/c1-31-18-11-9-16(10-12-18)21-22(23(25)30)27-24(26-21)17-6-5-13-28(14-17)20(29)15-32-19-7-3-2-4-8-19/h2-4,7-12,17H,5-6,13-15H2,1H3,(H2,25,30)(H,26,27). The van der Waals surface area contributed by atoms with E-state index in [2.05, 4.69) is 4.98 Å². The first-order chi connectivity index (χ1) is 15.5. The number of aromatic nitrogens is 2. The number of nitrogens with one attached hydrogen (secondary N) is 1. The molecule has 1 aliphatic heterocycles. The van der Waals surface area contributed by atoms with Crippen molar-refractivity contribution in [3.63, 3.8) is 0 Å². The molecule has 1 atom stereocenters. The molecule has 0 bridgehead atoms. The lowest BCUT2D eigenvalue weighted by Gasteiger charge is -2.31. The largest absolute Gasteiger partial charge is 0.497 e. The Bertz CT molecular complexity index is 1080. The lowest BCUT2D eigenvalue weighted by atomic mass is 9.97. The molecule has 0 saturated carbocycles. The average molecular weight is 434 g/mol. The number of nitrogens with two attached hydrogens (primary N) is 1. The van der Waals surface area contributed by atoms with Gasteiger partial charge in [-0.25, -0.2) is 4.98 Å². The third kappa shape index (κ3) is 4.74. The summed E-state index contributed by atoms with van der Waals surface area (Å²) in [5, 5.41) is 0. The van der Waals surface area contributed by atoms with Crippen LogP contribution in [0.4, 0.5) is 0 Å². The zero-order valence-corrected chi connectivity index (χ0v) is 17.9. The number of hydrogen-bond donors (Lipinski definition) is 2. The fourth-order valence-corrected chi connectivity index (χ4v) is 3.90. The summed E-state index contributed by atoms with van der Waals surface area (Å²) in [6.07, 6.45) is 1.70. The van der Waals surface area contributed by atoms with Gasteiger partial charge in [0.25, 0.3) is 11.8 Å². The summed E-state index contributed by atoms with van der Waals surface area (Å²) in [4.78, 5) is 34.3. The van der Waals surface area contributed by atoms with Crippen molar-refractivity contribution in [3.8, 4) is 22.8 Å². The summed E-state index contributed by atoms with van der Waals surface area (Å²) in [5.41, 5.74) is 7.14. The minimum Gasteiger partial charge on any atom is -0.497 e. The quantitative estimate of drug-likeness (QED) is 0.594. The number of H-pyrrole nitrogens is 1. The molecular formula is C24H26N4O4. The van der Waals surface area contributed by atoms with E-state index in [0.29, 0.717) is 36.1 Å². The van der Waals surface area contributed by atoms with Gasteiger partial charge in [-0.2, -0.15) is 0 Å². The number of carbonyl (C=O) groups excluding carboxylic acids is 2. The van der Waals surface area contributed by atoms with E-state index in [0.717, 1.165) is 18.4 Å². The molecule has 2 amide bonds. The van der Waals surface area contributed by atoms with E-state index >= 15 is 0 Å². The smallest absolute Gasteiger partial charge is 0.267 e. The van der Waals surface area contributed by atoms with Crippen LogP contribution in [0.15, 0.2) is 54.6 Å². The van der Waals surface area contributed by atoms with Crippen LogP contribution in [-0.4, -0.2) is 53.5 Å². The topological polar surface area (TPSA) is 111 Å². The van der Waals surface area contributed by atoms with Crippen LogP contribution in [0, 0.1) is 0 Å². The minimum absolute atomic E-state index is 0.0154. The molecule has 8 heteroatoms. The van der Waals surface area contributed by atoms with Gasteiger partial charge < -0.3 is 25.1 Å². The third-order valence-electron chi connectivity index (χ3n) is 5.60. The summed E-state index contributed by atoms with van der Waals surface area (Å²) < 4.78 is 10.8. The molecule has 3 N–H and O–H groups in total. The molecule has 0 radical (unpaired) electrons. The van der Waals surface area contributed by atoms with Gasteiger partial charge in [0.2, 0.25) is 0 Å². The second-order valence-corrected chi connectivity index (χ2v) is 7.72. The maximum absolute atomic E-state index is 12.7. The molecule has 1 aliphatic rings. The zero-order valence-electron chi connectivity index (χ0n) is 17.9. The minimum atomic E-state index is -0.574. The van der Waals surface area contributed by atoms with E-state index in [-0.39, 0.29) is 24.1 Å². The molecular weight excluding hydrogens is 408 g/mol. The second-order valence-electron chi connectivity index (χ2n) is 7.72. The van der Waals surface area contributed by atoms with E-state index in [4.69, 9.17) is 20.2 Å². The number of nitrogens with zero attached hydrogens (tertiary/aromatic N) is 2. The molecule has 1 fully saturated rings. The number of primary amides is 1. The number of para-hydroxylation sites is 1. The second kappa shape index (κ2) is 9.55. The number of ether oxygens (including phenoxy) is 2. The Hall–Kier alpha value is -3.81. The van der Waals surface area contributed by atoms with Crippen molar-refractivity contribution < 1.29 is 19.1 Å². The van der Waals surface area contributed by atoms with Crippen molar-refractivity contribution in [1.29, 1.82) is 0 Å². The van der Waals surface area contributed by atoms with E-state index in [1.54, 1.807) is 12.0 Å². The molecule has 0 aliphatic carbocycles. The lowest BCUT2D eigenvalue weighted by Crippen LogP contribution is -2.41. The molecule has 1 aromatic heterocycles. The monoisotopic (exact) mass is 434 g/mol. The maximum atomic E-state index is 12.7. The molecule has 1 saturated heterocycles. The molecule has 3 aromatic rings. The highest BCUT2D eigenvalue weighted by molar-refractivity contribution is 5.97. The van der Waals surface area contributed by atoms with E-state index in [9.17, 15) is 9.59 Å². The number of piperidine rings is 1. The Kier molecular flexibility index (Phi) is 6.39. The molecule has 2 aromatic carbocycles. The number of amides is 2. The predicted octanol–water partition coefficient (Wildman–Crippen LogP) is 2.97. The number of likely N-dealkylation sites (tertiary alicyclic amines) is 1. The summed E-state index contributed by atoms with van der Waals surface area (Å²) in [6.45, 7) is 1.16. The first-order valence-electron chi connectivity index (χ1n) is 10.5. The maximum Gasteiger partial charge on any atom is 0.267 e. The Labute approximate surface area is 186 Å². The first kappa shape index (κ1) is 21.4. The van der Waals surface area contributed by atoms with Crippen LogP contribution in [-0.2, 0) is 4.79 Å². The number of benzene rings is 2. The molecule has 0 spiro atoms. The fourth-order valence-electron chi connectivity index (χ4n) is 3.90. The van der Waals surface area contributed by atoms with Crippen LogP contribution in [0.1, 0.15) is 35.1 Å². The van der Waals surface area contributed by atoms with Crippen molar-refractivity contribution in [3.05, 3.63) is 66.1 Å². The van der Waals surface area contributed by atoms with Gasteiger partial charge in [-0.15, -0.1) is 0 Å². The predicted molar refractivity (Wildman–Crippen MR) is 120 cm³/mol. The molecule has 4 rings (SSSR count). The third-order valence-corrected chi connectivity index (χ3v) is 5.60. The number of imidazole rings is 1. The number of rotatable bonds is 7. The summed E-state index contributed by atoms with van der Waals surface area (Å²) in [7, 11) is 1.59. The normalized spacial score (nSPS) is 15.9. The van der Waals surface area contributed by atoms with Gasteiger partial charge in [-0.1, -0.05) is 18.2 Å².